The first kappa shape index (κ1) is 15.6. The van der Waals surface area contributed by atoms with Crippen molar-refractivity contribution >= 4 is 0 Å². The molecule has 3 nitrogen and oxygen atoms in total. The lowest BCUT2D eigenvalue weighted by Gasteiger charge is -2.41. The Morgan fingerprint density at radius 1 is 1.30 bits per heavy atom. The summed E-state index contributed by atoms with van der Waals surface area (Å²) in [4.78, 5) is 0. The van der Waals surface area contributed by atoms with Crippen LogP contribution >= 0.6 is 0 Å². The highest BCUT2D eigenvalue weighted by Gasteiger charge is 2.35. The zero-order valence-electron chi connectivity index (χ0n) is 13.6. The second-order valence-corrected chi connectivity index (χ2v) is 7.62. The summed E-state index contributed by atoms with van der Waals surface area (Å²) in [6, 6.07) is 2.14. The first-order valence-corrected chi connectivity index (χ1v) is 8.08. The van der Waals surface area contributed by atoms with Gasteiger partial charge in [0.1, 0.15) is 0 Å². The highest BCUT2D eigenvalue weighted by atomic mass is 15.2. The lowest BCUT2D eigenvalue weighted by atomic mass is 9.64. The zero-order valence-corrected chi connectivity index (χ0v) is 13.6. The molecule has 0 spiro atoms. The van der Waals surface area contributed by atoms with Crippen LogP contribution in [-0.2, 0) is 13.5 Å². The molecule has 0 bridgehead atoms. The second kappa shape index (κ2) is 6.30. The van der Waals surface area contributed by atoms with Gasteiger partial charge >= 0.3 is 0 Å². The quantitative estimate of drug-likeness (QED) is 0.916. The molecule has 2 rings (SSSR count). The second-order valence-electron chi connectivity index (χ2n) is 7.62. The van der Waals surface area contributed by atoms with Gasteiger partial charge in [-0.15, -0.1) is 0 Å². The number of nitrogens with zero attached hydrogens (tertiary/aromatic N) is 2. The molecule has 3 atom stereocenters. The highest BCUT2D eigenvalue weighted by Crippen LogP contribution is 2.43. The fraction of sp³-hybridized carbons (Fsp3) is 0.824. The van der Waals surface area contributed by atoms with Crippen LogP contribution in [0.1, 0.15) is 52.1 Å². The molecular formula is C17H31N3. The van der Waals surface area contributed by atoms with Crippen molar-refractivity contribution in [3.63, 3.8) is 0 Å². The molecule has 0 amide bonds. The van der Waals surface area contributed by atoms with Gasteiger partial charge in [0, 0.05) is 18.9 Å². The van der Waals surface area contributed by atoms with Crippen LogP contribution in [-0.4, -0.2) is 16.3 Å². The molecule has 1 aromatic heterocycles. The van der Waals surface area contributed by atoms with Crippen molar-refractivity contribution in [2.75, 3.05) is 6.54 Å². The van der Waals surface area contributed by atoms with Crippen LogP contribution < -0.4 is 5.73 Å². The molecule has 0 aromatic carbocycles. The van der Waals surface area contributed by atoms with E-state index >= 15 is 0 Å². The van der Waals surface area contributed by atoms with Gasteiger partial charge in [0.2, 0.25) is 0 Å². The molecule has 0 radical (unpaired) electrons. The maximum absolute atomic E-state index is 6.01. The third-order valence-electron chi connectivity index (χ3n) is 5.36. The normalized spacial score (nSPS) is 27.8. The summed E-state index contributed by atoms with van der Waals surface area (Å²) in [7, 11) is 2.04. The molecule has 20 heavy (non-hydrogen) atoms. The van der Waals surface area contributed by atoms with Gasteiger partial charge < -0.3 is 5.73 Å². The minimum atomic E-state index is 0.435. The molecule has 1 aliphatic carbocycles. The third kappa shape index (κ3) is 3.63. The van der Waals surface area contributed by atoms with E-state index in [1.807, 2.05) is 17.9 Å². The monoisotopic (exact) mass is 277 g/mol. The number of hydrogen-bond donors (Lipinski definition) is 1. The third-order valence-corrected chi connectivity index (χ3v) is 5.36. The molecule has 3 heteroatoms. The first-order chi connectivity index (χ1) is 9.41. The van der Waals surface area contributed by atoms with E-state index in [1.54, 1.807) is 0 Å². The Kier molecular flexibility index (Phi) is 4.90. The van der Waals surface area contributed by atoms with Gasteiger partial charge in [-0.3, -0.25) is 4.68 Å². The number of aromatic nitrogens is 2. The SMILES string of the molecule is Cn1nccc1CCC1CC(C(C)(C)C)CCC1CN. The minimum Gasteiger partial charge on any atom is -0.330 e. The van der Waals surface area contributed by atoms with Gasteiger partial charge in [-0.05, 0) is 67.9 Å². The Morgan fingerprint density at radius 3 is 2.60 bits per heavy atom. The van der Waals surface area contributed by atoms with E-state index in [9.17, 15) is 0 Å². The fourth-order valence-electron chi connectivity index (χ4n) is 3.76. The number of hydrogen-bond acceptors (Lipinski definition) is 2. The number of rotatable bonds is 4. The summed E-state index contributed by atoms with van der Waals surface area (Å²) in [5, 5.41) is 4.27. The Bertz CT molecular complexity index is 416. The molecular weight excluding hydrogens is 246 g/mol. The van der Waals surface area contributed by atoms with Crippen LogP contribution in [0.2, 0.25) is 0 Å². The summed E-state index contributed by atoms with van der Waals surface area (Å²) < 4.78 is 2.00. The summed E-state index contributed by atoms with van der Waals surface area (Å²) in [5.41, 5.74) is 7.79. The van der Waals surface area contributed by atoms with Crippen LogP contribution in [0.15, 0.2) is 12.3 Å². The fourth-order valence-corrected chi connectivity index (χ4v) is 3.76. The highest BCUT2D eigenvalue weighted by molar-refractivity contribution is 5.00. The van der Waals surface area contributed by atoms with Gasteiger partial charge in [-0.25, -0.2) is 0 Å². The van der Waals surface area contributed by atoms with Crippen LogP contribution in [0.25, 0.3) is 0 Å². The van der Waals surface area contributed by atoms with E-state index in [0.717, 1.165) is 30.7 Å². The molecule has 1 aliphatic rings. The van der Waals surface area contributed by atoms with E-state index in [2.05, 4.69) is 31.9 Å². The van der Waals surface area contributed by atoms with Gasteiger partial charge in [0.05, 0.1) is 0 Å². The van der Waals surface area contributed by atoms with Crippen molar-refractivity contribution in [2.45, 2.75) is 52.9 Å². The number of aryl methyl sites for hydroxylation is 2. The van der Waals surface area contributed by atoms with E-state index in [1.165, 1.54) is 31.4 Å². The molecule has 1 aromatic rings. The van der Waals surface area contributed by atoms with Crippen molar-refractivity contribution < 1.29 is 0 Å². The van der Waals surface area contributed by atoms with Gasteiger partial charge in [0.15, 0.2) is 0 Å². The molecule has 3 unspecified atom stereocenters. The van der Waals surface area contributed by atoms with Crippen molar-refractivity contribution in [3.05, 3.63) is 18.0 Å². The Hall–Kier alpha value is -0.830. The molecule has 2 N–H and O–H groups in total. The van der Waals surface area contributed by atoms with Crippen LogP contribution in [0, 0.1) is 23.2 Å². The predicted molar refractivity (Wildman–Crippen MR) is 84.4 cm³/mol. The Morgan fingerprint density at radius 2 is 2.05 bits per heavy atom. The molecule has 1 heterocycles. The maximum atomic E-state index is 6.01. The lowest BCUT2D eigenvalue weighted by molar-refractivity contribution is 0.0963. The smallest absolute Gasteiger partial charge is 0.0492 e. The lowest BCUT2D eigenvalue weighted by Crippen LogP contribution is -2.35. The van der Waals surface area contributed by atoms with Crippen molar-refractivity contribution in [3.8, 4) is 0 Å². The predicted octanol–water partition coefficient (Wildman–Crippen LogP) is 3.39. The van der Waals surface area contributed by atoms with Crippen LogP contribution in [0.3, 0.4) is 0 Å². The average Bonchev–Trinajstić information content (AvgIpc) is 2.80. The van der Waals surface area contributed by atoms with Crippen molar-refractivity contribution in [1.29, 1.82) is 0 Å². The largest absolute Gasteiger partial charge is 0.330 e. The number of nitrogens with two attached hydrogens (primary N) is 1. The standard InChI is InChI=1S/C17H31N3/c1-17(2,3)15-7-5-14(12-18)13(11-15)6-8-16-9-10-19-20(16)4/h9-10,13-15H,5-8,11-12,18H2,1-4H3. The van der Waals surface area contributed by atoms with Gasteiger partial charge in [-0.2, -0.15) is 5.10 Å². The summed E-state index contributed by atoms with van der Waals surface area (Å²) in [5.74, 6) is 2.36. The van der Waals surface area contributed by atoms with E-state index in [-0.39, 0.29) is 0 Å². The maximum Gasteiger partial charge on any atom is 0.0492 e. The first-order valence-electron chi connectivity index (χ1n) is 8.08. The van der Waals surface area contributed by atoms with E-state index in [0.29, 0.717) is 5.41 Å². The summed E-state index contributed by atoms with van der Waals surface area (Å²) >= 11 is 0. The summed E-state index contributed by atoms with van der Waals surface area (Å²) in [6.45, 7) is 8.02. The molecule has 114 valence electrons. The molecule has 1 fully saturated rings. The van der Waals surface area contributed by atoms with Gasteiger partial charge in [0.25, 0.3) is 0 Å². The Balaban J connectivity index is 1.97. The van der Waals surface area contributed by atoms with Gasteiger partial charge in [-0.1, -0.05) is 20.8 Å². The zero-order chi connectivity index (χ0) is 14.8. The van der Waals surface area contributed by atoms with Crippen molar-refractivity contribution in [2.24, 2.45) is 36.0 Å². The topological polar surface area (TPSA) is 43.8 Å². The molecule has 0 aliphatic heterocycles. The molecule has 0 saturated heterocycles. The van der Waals surface area contributed by atoms with E-state index < -0.39 is 0 Å². The average molecular weight is 277 g/mol. The summed E-state index contributed by atoms with van der Waals surface area (Å²) in [6.07, 6.45) is 8.31. The van der Waals surface area contributed by atoms with Crippen LogP contribution in [0.4, 0.5) is 0 Å². The van der Waals surface area contributed by atoms with E-state index in [4.69, 9.17) is 5.73 Å². The van der Waals surface area contributed by atoms with Crippen LogP contribution in [0.5, 0.6) is 0 Å². The van der Waals surface area contributed by atoms with Crippen molar-refractivity contribution in [1.82, 2.24) is 9.78 Å². The molecule has 1 saturated carbocycles. The minimum absolute atomic E-state index is 0.435. The Labute approximate surface area is 123 Å².